The van der Waals surface area contributed by atoms with Crippen molar-refractivity contribution in [1.82, 2.24) is 9.80 Å². The Morgan fingerprint density at radius 3 is 2.63 bits per heavy atom. The Labute approximate surface area is 160 Å². The van der Waals surface area contributed by atoms with E-state index in [4.69, 9.17) is 9.47 Å². The Bertz CT molecular complexity index is 683. The maximum absolute atomic E-state index is 12.9. The van der Waals surface area contributed by atoms with Crippen molar-refractivity contribution >= 4 is 11.8 Å². The molecule has 3 aliphatic rings. The van der Waals surface area contributed by atoms with E-state index in [0.29, 0.717) is 37.0 Å². The van der Waals surface area contributed by atoms with Gasteiger partial charge in [-0.25, -0.2) is 0 Å². The Hall–Kier alpha value is -2.08. The van der Waals surface area contributed by atoms with Gasteiger partial charge in [0.05, 0.1) is 24.8 Å². The molecule has 1 aliphatic carbocycles. The highest BCUT2D eigenvalue weighted by molar-refractivity contribution is 5.97. The molecule has 1 atom stereocenters. The van der Waals surface area contributed by atoms with Crippen LogP contribution in [0.4, 0.5) is 0 Å². The van der Waals surface area contributed by atoms with Crippen LogP contribution in [0.2, 0.25) is 0 Å². The Morgan fingerprint density at radius 1 is 1.07 bits per heavy atom. The standard InChI is InChI=1S/C21H28N2O4/c24-20(23-12-13-26-14-18(23)16-8-9-16)15-27-19-7-3-2-6-17(19)21(25)22-10-4-1-5-11-22/h2-3,6-7,16,18H,1,4-5,8-15H2. The van der Waals surface area contributed by atoms with Gasteiger partial charge in [0.1, 0.15) is 5.75 Å². The van der Waals surface area contributed by atoms with E-state index >= 15 is 0 Å². The molecule has 2 aliphatic heterocycles. The van der Waals surface area contributed by atoms with Gasteiger partial charge in [0, 0.05) is 19.6 Å². The number of ether oxygens (including phenoxy) is 2. The number of hydrogen-bond donors (Lipinski definition) is 0. The van der Waals surface area contributed by atoms with Gasteiger partial charge in [0.15, 0.2) is 6.61 Å². The molecule has 2 saturated heterocycles. The molecule has 0 radical (unpaired) electrons. The fourth-order valence-corrected chi connectivity index (χ4v) is 4.06. The zero-order valence-corrected chi connectivity index (χ0v) is 15.8. The van der Waals surface area contributed by atoms with E-state index in [9.17, 15) is 9.59 Å². The molecule has 0 aromatic heterocycles. The van der Waals surface area contributed by atoms with Crippen LogP contribution >= 0.6 is 0 Å². The van der Waals surface area contributed by atoms with Crippen LogP contribution in [-0.2, 0) is 9.53 Å². The van der Waals surface area contributed by atoms with Gasteiger partial charge in [-0.2, -0.15) is 0 Å². The van der Waals surface area contributed by atoms with E-state index in [0.717, 1.165) is 25.9 Å². The third-order valence-corrected chi connectivity index (χ3v) is 5.76. The normalized spacial score (nSPS) is 23.2. The quantitative estimate of drug-likeness (QED) is 0.796. The molecule has 2 heterocycles. The predicted octanol–water partition coefficient (Wildman–Crippen LogP) is 2.33. The summed E-state index contributed by atoms with van der Waals surface area (Å²) in [7, 11) is 0. The highest BCUT2D eigenvalue weighted by Crippen LogP contribution is 2.36. The topological polar surface area (TPSA) is 59.1 Å². The van der Waals surface area contributed by atoms with Gasteiger partial charge in [-0.15, -0.1) is 0 Å². The average molecular weight is 372 g/mol. The lowest BCUT2D eigenvalue weighted by Gasteiger charge is -2.35. The van der Waals surface area contributed by atoms with Gasteiger partial charge in [-0.3, -0.25) is 9.59 Å². The van der Waals surface area contributed by atoms with Crippen LogP contribution in [0.15, 0.2) is 24.3 Å². The molecule has 0 bridgehead atoms. The summed E-state index contributed by atoms with van der Waals surface area (Å²) in [5, 5.41) is 0. The Morgan fingerprint density at radius 2 is 1.85 bits per heavy atom. The lowest BCUT2D eigenvalue weighted by atomic mass is 10.1. The fourth-order valence-electron chi connectivity index (χ4n) is 4.06. The first-order valence-corrected chi connectivity index (χ1v) is 10.1. The van der Waals surface area contributed by atoms with E-state index < -0.39 is 0 Å². The summed E-state index contributed by atoms with van der Waals surface area (Å²) in [6, 6.07) is 7.44. The first-order chi connectivity index (χ1) is 13.2. The second-order valence-corrected chi connectivity index (χ2v) is 7.70. The number of hydrogen-bond acceptors (Lipinski definition) is 4. The van der Waals surface area contributed by atoms with Gasteiger partial charge >= 0.3 is 0 Å². The molecule has 0 spiro atoms. The van der Waals surface area contributed by atoms with Crippen molar-refractivity contribution in [3.8, 4) is 5.75 Å². The SMILES string of the molecule is O=C(c1ccccc1OCC(=O)N1CCOCC1C1CC1)N1CCCCC1. The molecule has 2 amide bonds. The summed E-state index contributed by atoms with van der Waals surface area (Å²) in [4.78, 5) is 29.4. The molecule has 1 aromatic carbocycles. The van der Waals surface area contributed by atoms with Crippen LogP contribution < -0.4 is 4.74 Å². The van der Waals surface area contributed by atoms with Crippen LogP contribution in [0.3, 0.4) is 0 Å². The van der Waals surface area contributed by atoms with Crippen molar-refractivity contribution in [3.05, 3.63) is 29.8 Å². The van der Waals surface area contributed by atoms with Crippen LogP contribution in [0.1, 0.15) is 42.5 Å². The summed E-state index contributed by atoms with van der Waals surface area (Å²) in [6.45, 7) is 3.39. The van der Waals surface area contributed by atoms with E-state index in [2.05, 4.69) is 0 Å². The minimum atomic E-state index is -0.0342. The molecule has 1 saturated carbocycles. The lowest BCUT2D eigenvalue weighted by Crippen LogP contribution is -2.51. The van der Waals surface area contributed by atoms with Gasteiger partial charge in [-0.05, 0) is 50.2 Å². The molecule has 0 N–H and O–H groups in total. The number of para-hydroxylation sites is 1. The number of likely N-dealkylation sites (tertiary alicyclic amines) is 1. The van der Waals surface area contributed by atoms with Gasteiger partial charge in [0.25, 0.3) is 11.8 Å². The number of rotatable bonds is 5. The summed E-state index contributed by atoms with van der Waals surface area (Å²) in [6.07, 6.45) is 5.62. The van der Waals surface area contributed by atoms with Crippen molar-refractivity contribution < 1.29 is 19.1 Å². The first kappa shape index (κ1) is 18.3. The van der Waals surface area contributed by atoms with Crippen molar-refractivity contribution in [1.29, 1.82) is 0 Å². The largest absolute Gasteiger partial charge is 0.483 e. The van der Waals surface area contributed by atoms with Crippen molar-refractivity contribution in [2.75, 3.05) is 39.5 Å². The average Bonchev–Trinajstić information content (AvgIpc) is 3.58. The monoisotopic (exact) mass is 372 g/mol. The van der Waals surface area contributed by atoms with E-state index in [1.54, 1.807) is 12.1 Å². The fraction of sp³-hybridized carbons (Fsp3) is 0.619. The van der Waals surface area contributed by atoms with Gasteiger partial charge in [-0.1, -0.05) is 12.1 Å². The summed E-state index contributed by atoms with van der Waals surface area (Å²) in [5.41, 5.74) is 0.549. The minimum Gasteiger partial charge on any atom is -0.483 e. The molecule has 6 nitrogen and oxygen atoms in total. The van der Waals surface area contributed by atoms with Crippen molar-refractivity contribution in [2.24, 2.45) is 5.92 Å². The highest BCUT2D eigenvalue weighted by atomic mass is 16.5. The first-order valence-electron chi connectivity index (χ1n) is 10.1. The zero-order valence-electron chi connectivity index (χ0n) is 15.8. The Kier molecular flexibility index (Phi) is 5.62. The summed E-state index contributed by atoms with van der Waals surface area (Å²) < 4.78 is 11.4. The Balaban J connectivity index is 1.40. The molecule has 3 fully saturated rings. The number of piperidine rings is 1. The summed E-state index contributed by atoms with van der Waals surface area (Å²) >= 11 is 0. The molecule has 27 heavy (non-hydrogen) atoms. The summed E-state index contributed by atoms with van der Waals surface area (Å²) in [5.74, 6) is 1.05. The lowest BCUT2D eigenvalue weighted by molar-refractivity contribution is -0.143. The molecule has 1 unspecified atom stereocenters. The predicted molar refractivity (Wildman–Crippen MR) is 101 cm³/mol. The van der Waals surface area contributed by atoms with Gasteiger partial charge < -0.3 is 19.3 Å². The maximum Gasteiger partial charge on any atom is 0.260 e. The molecule has 4 rings (SSSR count). The van der Waals surface area contributed by atoms with Crippen LogP contribution in [-0.4, -0.2) is 67.1 Å². The van der Waals surface area contributed by atoms with Crippen LogP contribution in [0.25, 0.3) is 0 Å². The van der Waals surface area contributed by atoms with Crippen molar-refractivity contribution in [2.45, 2.75) is 38.1 Å². The number of benzene rings is 1. The van der Waals surface area contributed by atoms with Crippen LogP contribution in [0.5, 0.6) is 5.75 Å². The number of nitrogens with zero attached hydrogens (tertiary/aromatic N) is 2. The molecular formula is C21H28N2O4. The molecule has 6 heteroatoms. The van der Waals surface area contributed by atoms with E-state index in [1.165, 1.54) is 19.3 Å². The number of carbonyl (C=O) groups is 2. The second-order valence-electron chi connectivity index (χ2n) is 7.70. The number of carbonyl (C=O) groups excluding carboxylic acids is 2. The molecule has 146 valence electrons. The van der Waals surface area contributed by atoms with Gasteiger partial charge in [0.2, 0.25) is 0 Å². The van der Waals surface area contributed by atoms with E-state index in [-0.39, 0.29) is 24.5 Å². The zero-order chi connectivity index (χ0) is 18.6. The highest BCUT2D eigenvalue weighted by Gasteiger charge is 2.39. The number of amides is 2. The number of morpholine rings is 1. The van der Waals surface area contributed by atoms with Crippen LogP contribution in [0, 0.1) is 5.92 Å². The van der Waals surface area contributed by atoms with Crippen molar-refractivity contribution in [3.63, 3.8) is 0 Å². The minimum absolute atomic E-state index is 0.0000200. The maximum atomic E-state index is 12.9. The second kappa shape index (κ2) is 8.30. The van der Waals surface area contributed by atoms with E-state index in [1.807, 2.05) is 21.9 Å². The molecular weight excluding hydrogens is 344 g/mol. The third-order valence-electron chi connectivity index (χ3n) is 5.76. The molecule has 1 aromatic rings. The third kappa shape index (κ3) is 4.26. The smallest absolute Gasteiger partial charge is 0.260 e.